The zero-order valence-corrected chi connectivity index (χ0v) is 11.4. The van der Waals surface area contributed by atoms with Crippen LogP contribution in [-0.2, 0) is 9.53 Å². The van der Waals surface area contributed by atoms with E-state index in [2.05, 4.69) is 6.07 Å². The number of nitriles is 1. The molecule has 1 amide bonds. The zero-order chi connectivity index (χ0) is 13.9. The molecule has 0 N–H and O–H groups in total. The van der Waals surface area contributed by atoms with E-state index in [9.17, 15) is 10.1 Å². The molecule has 0 aromatic heterocycles. The third-order valence-electron chi connectivity index (χ3n) is 4.27. The summed E-state index contributed by atoms with van der Waals surface area (Å²) in [6, 6.07) is 11.6. The summed E-state index contributed by atoms with van der Waals surface area (Å²) < 4.78 is 5.72. The number of benzene rings is 1. The van der Waals surface area contributed by atoms with Crippen LogP contribution in [0, 0.1) is 11.3 Å². The van der Waals surface area contributed by atoms with Crippen LogP contribution in [0.4, 0.5) is 0 Å². The maximum absolute atomic E-state index is 12.7. The fourth-order valence-electron chi connectivity index (χ4n) is 3.28. The van der Waals surface area contributed by atoms with Crippen molar-refractivity contribution >= 4 is 5.91 Å². The van der Waals surface area contributed by atoms with Crippen LogP contribution in [0.25, 0.3) is 0 Å². The van der Waals surface area contributed by atoms with Crippen LogP contribution in [0.5, 0.6) is 0 Å². The van der Waals surface area contributed by atoms with Crippen molar-refractivity contribution < 1.29 is 9.53 Å². The molecule has 1 aliphatic carbocycles. The van der Waals surface area contributed by atoms with E-state index in [0.717, 1.165) is 24.8 Å². The second-order valence-corrected chi connectivity index (χ2v) is 5.41. The van der Waals surface area contributed by atoms with Gasteiger partial charge >= 0.3 is 0 Å². The summed E-state index contributed by atoms with van der Waals surface area (Å²) in [4.78, 5) is 14.6. The highest BCUT2D eigenvalue weighted by Crippen LogP contribution is 2.31. The minimum Gasteiger partial charge on any atom is -0.374 e. The monoisotopic (exact) mass is 270 g/mol. The summed E-state index contributed by atoms with van der Waals surface area (Å²) in [6.45, 7) is 1.19. The number of carbonyl (C=O) groups is 1. The lowest BCUT2D eigenvalue weighted by Crippen LogP contribution is -2.52. The Morgan fingerprint density at radius 3 is 2.90 bits per heavy atom. The molecule has 1 aliphatic heterocycles. The van der Waals surface area contributed by atoms with E-state index in [4.69, 9.17) is 4.74 Å². The highest BCUT2D eigenvalue weighted by Gasteiger charge is 2.40. The molecule has 0 bridgehead atoms. The number of hydrogen-bond acceptors (Lipinski definition) is 3. The number of nitrogens with zero attached hydrogens (tertiary/aromatic N) is 2. The number of morpholine rings is 1. The Morgan fingerprint density at radius 2 is 2.15 bits per heavy atom. The molecule has 1 aromatic carbocycles. The number of rotatable bonds is 2. The van der Waals surface area contributed by atoms with E-state index in [1.54, 1.807) is 0 Å². The molecular formula is C16H18N2O2. The van der Waals surface area contributed by atoms with Crippen molar-refractivity contribution in [3.8, 4) is 6.07 Å². The van der Waals surface area contributed by atoms with E-state index in [1.807, 2.05) is 35.2 Å². The predicted octanol–water partition coefficient (Wildman–Crippen LogP) is 2.07. The van der Waals surface area contributed by atoms with Crippen molar-refractivity contribution in [2.75, 3.05) is 13.2 Å². The molecule has 3 unspecified atom stereocenters. The first-order valence-corrected chi connectivity index (χ1v) is 7.18. The van der Waals surface area contributed by atoms with Gasteiger partial charge in [-0.2, -0.15) is 5.26 Å². The summed E-state index contributed by atoms with van der Waals surface area (Å²) in [7, 11) is 0. The number of carbonyl (C=O) groups excluding carboxylic acids is 1. The standard InChI is InChI=1S/C16H18N2O2/c17-11-13(12-5-2-1-3-6-12)16(19)18-9-10-20-15-8-4-7-14(15)18/h1-3,5-6,13-15H,4,7-10H2. The quantitative estimate of drug-likeness (QED) is 0.826. The first-order valence-electron chi connectivity index (χ1n) is 7.18. The number of ether oxygens (including phenoxy) is 1. The van der Waals surface area contributed by atoms with Gasteiger partial charge in [0.15, 0.2) is 0 Å². The smallest absolute Gasteiger partial charge is 0.244 e. The van der Waals surface area contributed by atoms with E-state index in [0.29, 0.717) is 13.2 Å². The van der Waals surface area contributed by atoms with Crippen LogP contribution in [0.1, 0.15) is 30.7 Å². The largest absolute Gasteiger partial charge is 0.374 e. The van der Waals surface area contributed by atoms with Gasteiger partial charge in [0.25, 0.3) is 0 Å². The van der Waals surface area contributed by atoms with Gasteiger partial charge in [0.2, 0.25) is 5.91 Å². The molecule has 1 aromatic rings. The van der Waals surface area contributed by atoms with Gasteiger partial charge in [-0.05, 0) is 24.8 Å². The van der Waals surface area contributed by atoms with Gasteiger partial charge in [0, 0.05) is 6.54 Å². The average Bonchev–Trinajstić information content (AvgIpc) is 2.97. The molecule has 0 radical (unpaired) electrons. The third-order valence-corrected chi connectivity index (χ3v) is 4.27. The summed E-state index contributed by atoms with van der Waals surface area (Å²) in [5.74, 6) is -0.769. The fraction of sp³-hybridized carbons (Fsp3) is 0.500. The van der Waals surface area contributed by atoms with Crippen molar-refractivity contribution in [1.29, 1.82) is 5.26 Å². The lowest BCUT2D eigenvalue weighted by Gasteiger charge is -2.38. The Balaban J connectivity index is 1.82. The van der Waals surface area contributed by atoms with Gasteiger partial charge in [-0.25, -0.2) is 0 Å². The molecule has 1 saturated carbocycles. The van der Waals surface area contributed by atoms with Crippen LogP contribution in [0.15, 0.2) is 30.3 Å². The van der Waals surface area contributed by atoms with Crippen molar-refractivity contribution in [2.24, 2.45) is 0 Å². The van der Waals surface area contributed by atoms with Gasteiger partial charge in [0.1, 0.15) is 5.92 Å². The van der Waals surface area contributed by atoms with E-state index in [1.165, 1.54) is 0 Å². The molecule has 3 atom stereocenters. The summed E-state index contributed by atoms with van der Waals surface area (Å²) in [5, 5.41) is 9.39. The van der Waals surface area contributed by atoms with Crippen LogP contribution in [0.2, 0.25) is 0 Å². The molecule has 4 heteroatoms. The summed E-state index contributed by atoms with van der Waals surface area (Å²) in [5.41, 5.74) is 0.779. The molecule has 0 spiro atoms. The maximum Gasteiger partial charge on any atom is 0.244 e. The van der Waals surface area contributed by atoms with Crippen LogP contribution in [-0.4, -0.2) is 36.1 Å². The normalized spacial score (nSPS) is 26.6. The first kappa shape index (κ1) is 13.1. The molecular weight excluding hydrogens is 252 g/mol. The Labute approximate surface area is 118 Å². The molecule has 20 heavy (non-hydrogen) atoms. The molecule has 2 fully saturated rings. The van der Waals surface area contributed by atoms with Crippen LogP contribution in [0.3, 0.4) is 0 Å². The zero-order valence-electron chi connectivity index (χ0n) is 11.4. The molecule has 104 valence electrons. The molecule has 1 saturated heterocycles. The predicted molar refractivity (Wildman–Crippen MR) is 73.9 cm³/mol. The summed E-state index contributed by atoms with van der Waals surface area (Å²) >= 11 is 0. The summed E-state index contributed by atoms with van der Waals surface area (Å²) in [6.07, 6.45) is 3.28. The first-order chi connectivity index (χ1) is 9.81. The van der Waals surface area contributed by atoms with E-state index >= 15 is 0 Å². The molecule has 4 nitrogen and oxygen atoms in total. The second-order valence-electron chi connectivity index (χ2n) is 5.41. The lowest BCUT2D eigenvalue weighted by molar-refractivity contribution is -0.144. The van der Waals surface area contributed by atoms with Crippen LogP contribution < -0.4 is 0 Å². The Hall–Kier alpha value is -1.86. The second kappa shape index (κ2) is 5.64. The fourth-order valence-corrected chi connectivity index (χ4v) is 3.28. The Bertz CT molecular complexity index is 523. The lowest BCUT2D eigenvalue weighted by atomic mass is 9.97. The average molecular weight is 270 g/mol. The van der Waals surface area contributed by atoms with E-state index in [-0.39, 0.29) is 18.1 Å². The Kier molecular flexibility index (Phi) is 3.70. The van der Waals surface area contributed by atoms with Crippen molar-refractivity contribution in [1.82, 2.24) is 4.90 Å². The number of fused-ring (bicyclic) bond motifs is 1. The highest BCUT2D eigenvalue weighted by molar-refractivity contribution is 5.87. The van der Waals surface area contributed by atoms with Gasteiger partial charge in [-0.3, -0.25) is 4.79 Å². The van der Waals surface area contributed by atoms with Crippen molar-refractivity contribution in [3.05, 3.63) is 35.9 Å². The van der Waals surface area contributed by atoms with Crippen molar-refractivity contribution in [2.45, 2.75) is 37.3 Å². The Morgan fingerprint density at radius 1 is 1.35 bits per heavy atom. The number of amides is 1. The minimum atomic E-state index is -0.699. The highest BCUT2D eigenvalue weighted by atomic mass is 16.5. The topological polar surface area (TPSA) is 53.3 Å². The third kappa shape index (κ3) is 2.30. The van der Waals surface area contributed by atoms with Gasteiger partial charge in [-0.15, -0.1) is 0 Å². The minimum absolute atomic E-state index is 0.0705. The molecule has 1 heterocycles. The van der Waals surface area contributed by atoms with E-state index < -0.39 is 5.92 Å². The molecule has 3 rings (SSSR count). The molecule has 2 aliphatic rings. The van der Waals surface area contributed by atoms with Gasteiger partial charge in [-0.1, -0.05) is 30.3 Å². The SMILES string of the molecule is N#CC(C(=O)N1CCOC2CCCC21)c1ccccc1. The maximum atomic E-state index is 12.7. The van der Waals surface area contributed by atoms with Crippen molar-refractivity contribution in [3.63, 3.8) is 0 Å². The van der Waals surface area contributed by atoms with Crippen LogP contribution >= 0.6 is 0 Å². The van der Waals surface area contributed by atoms with Gasteiger partial charge < -0.3 is 9.64 Å². The van der Waals surface area contributed by atoms with Gasteiger partial charge in [0.05, 0.1) is 24.8 Å². The number of hydrogen-bond donors (Lipinski definition) is 0.